The summed E-state index contributed by atoms with van der Waals surface area (Å²) in [5, 5.41) is 2.70. The summed E-state index contributed by atoms with van der Waals surface area (Å²) in [6.45, 7) is 3.47. The second kappa shape index (κ2) is 10.2. The zero-order valence-corrected chi connectivity index (χ0v) is 15.9. The number of benzene rings is 2. The number of Topliss-reactive ketones (excluding diaryl/α,β-unsaturated/α-hetero) is 1. The smallest absolute Gasteiger partial charge is 0.260 e. The highest BCUT2D eigenvalue weighted by molar-refractivity contribution is 5.94. The van der Waals surface area contributed by atoms with E-state index in [1.54, 1.807) is 43.3 Å². The number of rotatable bonds is 9. The Kier molecular flexibility index (Phi) is 7.68. The average Bonchev–Trinajstić information content (AvgIpc) is 2.70. The summed E-state index contributed by atoms with van der Waals surface area (Å²) < 4.78 is 18.3. The van der Waals surface area contributed by atoms with Gasteiger partial charge in [0.2, 0.25) is 5.91 Å². The fourth-order valence-corrected chi connectivity index (χ4v) is 2.45. The van der Waals surface area contributed by atoms with Gasteiger partial charge >= 0.3 is 0 Å². The number of nitrogens with one attached hydrogen (secondary N) is 1. The molecule has 2 aromatic carbocycles. The number of hydrogen-bond donors (Lipinski definition) is 1. The minimum absolute atomic E-state index is 0.0928. The Hall–Kier alpha value is -3.22. The highest BCUT2D eigenvalue weighted by Crippen LogP contribution is 2.14. The topological polar surface area (TPSA) is 75.7 Å². The molecule has 0 radical (unpaired) electrons. The molecule has 2 aromatic rings. The van der Waals surface area contributed by atoms with Crippen LogP contribution in [0.5, 0.6) is 5.75 Å². The van der Waals surface area contributed by atoms with Crippen LogP contribution in [0.1, 0.15) is 29.8 Å². The van der Waals surface area contributed by atoms with Crippen LogP contribution in [0.15, 0.2) is 48.5 Å². The number of hydrogen-bond acceptors (Lipinski definition) is 4. The zero-order valence-electron chi connectivity index (χ0n) is 15.9. The number of nitrogens with zero attached hydrogens (tertiary/aromatic N) is 1. The first-order valence-electron chi connectivity index (χ1n) is 8.91. The van der Waals surface area contributed by atoms with E-state index in [1.165, 1.54) is 24.0 Å². The number of likely N-dealkylation sites (N-methyl/N-ethyl adjacent to an activating group) is 1. The molecule has 0 spiro atoms. The lowest BCUT2D eigenvalue weighted by atomic mass is 10.1. The van der Waals surface area contributed by atoms with Crippen LogP contribution >= 0.6 is 0 Å². The van der Waals surface area contributed by atoms with Crippen LogP contribution in [0.2, 0.25) is 0 Å². The summed E-state index contributed by atoms with van der Waals surface area (Å²) in [5.41, 5.74) is 1.26. The third kappa shape index (κ3) is 6.50. The van der Waals surface area contributed by atoms with Crippen molar-refractivity contribution < 1.29 is 23.5 Å². The van der Waals surface area contributed by atoms with Crippen LogP contribution < -0.4 is 10.1 Å². The number of amides is 2. The van der Waals surface area contributed by atoms with Gasteiger partial charge < -0.3 is 15.0 Å². The summed E-state index contributed by atoms with van der Waals surface area (Å²) in [7, 11) is 0. The molecule has 6 nitrogen and oxygen atoms in total. The SMILES string of the molecule is CCN(CC(=O)NCc1ccc(F)cc1)C(=O)COc1cccc(C(C)=O)c1. The maximum Gasteiger partial charge on any atom is 0.260 e. The molecule has 7 heteroatoms. The van der Waals surface area contributed by atoms with Crippen LogP contribution in [0.4, 0.5) is 4.39 Å². The highest BCUT2D eigenvalue weighted by atomic mass is 19.1. The van der Waals surface area contributed by atoms with E-state index in [9.17, 15) is 18.8 Å². The van der Waals surface area contributed by atoms with E-state index >= 15 is 0 Å². The predicted octanol–water partition coefficient (Wildman–Crippen LogP) is 2.57. The van der Waals surface area contributed by atoms with Gasteiger partial charge in [-0.2, -0.15) is 0 Å². The predicted molar refractivity (Wildman–Crippen MR) is 102 cm³/mol. The Morgan fingerprint density at radius 2 is 1.82 bits per heavy atom. The minimum atomic E-state index is -0.341. The third-order valence-corrected chi connectivity index (χ3v) is 4.07. The molecule has 28 heavy (non-hydrogen) atoms. The van der Waals surface area contributed by atoms with E-state index in [0.717, 1.165) is 5.56 Å². The van der Waals surface area contributed by atoms with Gasteiger partial charge in [-0.15, -0.1) is 0 Å². The first-order chi connectivity index (χ1) is 13.4. The Morgan fingerprint density at radius 3 is 2.46 bits per heavy atom. The van der Waals surface area contributed by atoms with Crippen molar-refractivity contribution in [1.29, 1.82) is 0 Å². The number of carbonyl (C=O) groups excluding carboxylic acids is 3. The molecule has 2 rings (SSSR count). The average molecular weight is 386 g/mol. The van der Waals surface area contributed by atoms with E-state index in [-0.39, 0.29) is 43.1 Å². The van der Waals surface area contributed by atoms with Gasteiger partial charge in [0, 0.05) is 18.7 Å². The molecule has 2 amide bonds. The van der Waals surface area contributed by atoms with Crippen molar-refractivity contribution in [1.82, 2.24) is 10.2 Å². The number of ether oxygens (including phenoxy) is 1. The Labute approximate surface area is 163 Å². The lowest BCUT2D eigenvalue weighted by Gasteiger charge is -2.20. The normalized spacial score (nSPS) is 10.2. The Balaban J connectivity index is 1.83. The third-order valence-electron chi connectivity index (χ3n) is 4.07. The summed E-state index contributed by atoms with van der Waals surface area (Å²) in [4.78, 5) is 37.2. The molecule has 0 fully saturated rings. The molecule has 0 bridgehead atoms. The van der Waals surface area contributed by atoms with E-state index in [0.29, 0.717) is 17.9 Å². The molecule has 0 aliphatic rings. The van der Waals surface area contributed by atoms with Crippen LogP contribution in [0.3, 0.4) is 0 Å². The van der Waals surface area contributed by atoms with Gasteiger partial charge in [0.05, 0.1) is 6.54 Å². The molecule has 0 saturated carbocycles. The molecule has 0 atom stereocenters. The van der Waals surface area contributed by atoms with Crippen molar-refractivity contribution in [3.05, 3.63) is 65.5 Å². The molecule has 0 heterocycles. The lowest BCUT2D eigenvalue weighted by Crippen LogP contribution is -2.42. The second-order valence-electron chi connectivity index (χ2n) is 6.18. The maximum absolute atomic E-state index is 12.9. The largest absolute Gasteiger partial charge is 0.484 e. The van der Waals surface area contributed by atoms with Crippen molar-refractivity contribution in [3.8, 4) is 5.75 Å². The molecule has 1 N–H and O–H groups in total. The first-order valence-corrected chi connectivity index (χ1v) is 8.91. The standard InChI is InChI=1S/C21H23FN2O4/c1-3-24(13-20(26)23-12-16-7-9-18(22)10-8-16)21(27)14-28-19-6-4-5-17(11-19)15(2)25/h4-11H,3,12-14H2,1-2H3,(H,23,26). The maximum atomic E-state index is 12.9. The molecule has 0 aliphatic heterocycles. The van der Waals surface area contributed by atoms with Gasteiger partial charge in [-0.25, -0.2) is 4.39 Å². The quantitative estimate of drug-likeness (QED) is 0.672. The van der Waals surface area contributed by atoms with Gasteiger partial charge in [-0.05, 0) is 43.7 Å². The van der Waals surface area contributed by atoms with E-state index < -0.39 is 0 Å². The number of carbonyl (C=O) groups is 3. The van der Waals surface area contributed by atoms with Gasteiger partial charge in [0.1, 0.15) is 11.6 Å². The lowest BCUT2D eigenvalue weighted by molar-refractivity contribution is -0.137. The van der Waals surface area contributed by atoms with Gasteiger partial charge in [-0.3, -0.25) is 14.4 Å². The Morgan fingerprint density at radius 1 is 1.11 bits per heavy atom. The summed E-state index contributed by atoms with van der Waals surface area (Å²) >= 11 is 0. The molecule has 0 aromatic heterocycles. The molecule has 0 saturated heterocycles. The van der Waals surface area contributed by atoms with Gasteiger partial charge in [0.15, 0.2) is 12.4 Å². The van der Waals surface area contributed by atoms with Gasteiger partial charge in [-0.1, -0.05) is 24.3 Å². The van der Waals surface area contributed by atoms with Crippen LogP contribution in [0, 0.1) is 5.82 Å². The summed E-state index contributed by atoms with van der Waals surface area (Å²) in [5.74, 6) is -0.680. The fraction of sp³-hybridized carbons (Fsp3) is 0.286. The molecule has 0 aliphatic carbocycles. The van der Waals surface area contributed by atoms with Crippen molar-refractivity contribution in [2.45, 2.75) is 20.4 Å². The van der Waals surface area contributed by atoms with E-state index in [1.807, 2.05) is 0 Å². The monoisotopic (exact) mass is 386 g/mol. The molecular weight excluding hydrogens is 363 g/mol. The highest BCUT2D eigenvalue weighted by Gasteiger charge is 2.16. The Bertz CT molecular complexity index is 837. The minimum Gasteiger partial charge on any atom is -0.484 e. The van der Waals surface area contributed by atoms with E-state index in [4.69, 9.17) is 4.74 Å². The van der Waals surface area contributed by atoms with Crippen molar-refractivity contribution in [3.63, 3.8) is 0 Å². The molecule has 0 unspecified atom stereocenters. The summed E-state index contributed by atoms with van der Waals surface area (Å²) in [6.07, 6.45) is 0. The second-order valence-corrected chi connectivity index (χ2v) is 6.18. The molecule has 148 valence electrons. The summed E-state index contributed by atoms with van der Waals surface area (Å²) in [6, 6.07) is 12.4. The van der Waals surface area contributed by atoms with Crippen molar-refractivity contribution in [2.75, 3.05) is 19.7 Å². The zero-order chi connectivity index (χ0) is 20.5. The van der Waals surface area contributed by atoms with Crippen LogP contribution in [-0.2, 0) is 16.1 Å². The van der Waals surface area contributed by atoms with Crippen LogP contribution in [0.25, 0.3) is 0 Å². The molecular formula is C21H23FN2O4. The number of ketones is 1. The van der Waals surface area contributed by atoms with Crippen molar-refractivity contribution >= 4 is 17.6 Å². The van der Waals surface area contributed by atoms with Gasteiger partial charge in [0.25, 0.3) is 5.91 Å². The van der Waals surface area contributed by atoms with Crippen LogP contribution in [-0.4, -0.2) is 42.2 Å². The van der Waals surface area contributed by atoms with Crippen molar-refractivity contribution in [2.24, 2.45) is 0 Å². The fourth-order valence-electron chi connectivity index (χ4n) is 2.45. The first kappa shape index (κ1) is 21.1. The number of halogens is 1. The van der Waals surface area contributed by atoms with E-state index in [2.05, 4.69) is 5.32 Å².